The Morgan fingerprint density at radius 1 is 1.12 bits per heavy atom. The molecule has 5 heteroatoms. The molecule has 0 bridgehead atoms. The van der Waals surface area contributed by atoms with Gasteiger partial charge >= 0.3 is 0 Å². The highest BCUT2D eigenvalue weighted by Gasteiger charge is 2.27. The Labute approximate surface area is 153 Å². The van der Waals surface area contributed by atoms with Gasteiger partial charge in [-0.05, 0) is 34.9 Å². The summed E-state index contributed by atoms with van der Waals surface area (Å²) in [5.41, 5.74) is 3.02. The van der Waals surface area contributed by atoms with Gasteiger partial charge < -0.3 is 15.0 Å². The summed E-state index contributed by atoms with van der Waals surface area (Å²) in [6, 6.07) is 15.1. The molecule has 0 aromatic heterocycles. The number of hydrogen-bond acceptors (Lipinski definition) is 3. The minimum Gasteiger partial charge on any atom is -0.497 e. The van der Waals surface area contributed by atoms with E-state index in [1.165, 1.54) is 6.92 Å². The van der Waals surface area contributed by atoms with Crippen LogP contribution in [0.3, 0.4) is 0 Å². The molecule has 5 nitrogen and oxygen atoms in total. The number of methoxy groups -OCH3 is 1. The highest BCUT2D eigenvalue weighted by Crippen LogP contribution is 2.32. The molecule has 3 rings (SSSR count). The molecule has 1 unspecified atom stereocenters. The molecule has 26 heavy (non-hydrogen) atoms. The normalized spacial score (nSPS) is 15.3. The van der Waals surface area contributed by atoms with Crippen LogP contribution in [0.2, 0.25) is 0 Å². The van der Waals surface area contributed by atoms with E-state index in [0.717, 1.165) is 22.4 Å². The Balaban J connectivity index is 1.68. The maximum atomic E-state index is 12.5. The summed E-state index contributed by atoms with van der Waals surface area (Å²) in [6.45, 7) is 1.95. The number of carbonyl (C=O) groups excluding carboxylic acids is 2. The van der Waals surface area contributed by atoms with Crippen molar-refractivity contribution in [3.8, 4) is 5.75 Å². The summed E-state index contributed by atoms with van der Waals surface area (Å²) in [6.07, 6.45) is 3.88. The Hall–Kier alpha value is -3.08. The van der Waals surface area contributed by atoms with Crippen molar-refractivity contribution < 1.29 is 14.3 Å². The van der Waals surface area contributed by atoms with Crippen LogP contribution in [-0.2, 0) is 16.1 Å². The first-order valence-electron chi connectivity index (χ1n) is 8.54. The average molecular weight is 350 g/mol. The summed E-state index contributed by atoms with van der Waals surface area (Å²) < 4.78 is 5.13. The number of hydrogen-bond donors (Lipinski definition) is 1. The lowest BCUT2D eigenvalue weighted by Gasteiger charge is -2.32. The smallest absolute Gasteiger partial charge is 0.223 e. The maximum Gasteiger partial charge on any atom is 0.223 e. The molecular weight excluding hydrogens is 328 g/mol. The van der Waals surface area contributed by atoms with Gasteiger partial charge in [-0.3, -0.25) is 9.59 Å². The lowest BCUT2D eigenvalue weighted by molar-refractivity contribution is -0.130. The fourth-order valence-electron chi connectivity index (χ4n) is 3.11. The Morgan fingerprint density at radius 2 is 1.85 bits per heavy atom. The van der Waals surface area contributed by atoms with Crippen LogP contribution >= 0.6 is 0 Å². The summed E-state index contributed by atoms with van der Waals surface area (Å²) in [5.74, 6) is 0.605. The van der Waals surface area contributed by atoms with Crippen LogP contribution < -0.4 is 10.1 Å². The molecule has 2 aromatic rings. The monoisotopic (exact) mass is 350 g/mol. The third-order valence-electron chi connectivity index (χ3n) is 4.50. The number of carbonyl (C=O) groups is 2. The molecule has 0 aliphatic carbocycles. The highest BCUT2D eigenvalue weighted by atomic mass is 16.5. The number of nitrogens with one attached hydrogen (secondary N) is 1. The van der Waals surface area contributed by atoms with Crippen molar-refractivity contribution in [1.82, 2.24) is 10.2 Å². The largest absolute Gasteiger partial charge is 0.497 e. The van der Waals surface area contributed by atoms with Crippen LogP contribution in [-0.4, -0.2) is 23.8 Å². The van der Waals surface area contributed by atoms with Crippen molar-refractivity contribution in [1.29, 1.82) is 0 Å². The number of amides is 2. The molecule has 1 N–H and O–H groups in total. The first-order chi connectivity index (χ1) is 12.6. The van der Waals surface area contributed by atoms with Crippen molar-refractivity contribution in [2.45, 2.75) is 25.9 Å². The highest BCUT2D eigenvalue weighted by molar-refractivity contribution is 5.81. The maximum absolute atomic E-state index is 12.5. The molecule has 0 saturated carbocycles. The van der Waals surface area contributed by atoms with Crippen molar-refractivity contribution >= 4 is 17.9 Å². The van der Waals surface area contributed by atoms with Gasteiger partial charge in [-0.25, -0.2) is 0 Å². The Morgan fingerprint density at radius 3 is 2.54 bits per heavy atom. The van der Waals surface area contributed by atoms with Crippen molar-refractivity contribution in [2.24, 2.45) is 0 Å². The van der Waals surface area contributed by atoms with Gasteiger partial charge in [0.2, 0.25) is 11.8 Å². The number of ether oxygens (including phenoxy) is 1. The first kappa shape index (κ1) is 17.7. The van der Waals surface area contributed by atoms with Crippen molar-refractivity contribution in [2.75, 3.05) is 7.11 Å². The molecule has 0 fully saturated rings. The quantitative estimate of drug-likeness (QED) is 0.900. The first-order valence-corrected chi connectivity index (χ1v) is 8.54. The van der Waals surface area contributed by atoms with Crippen LogP contribution in [0.5, 0.6) is 5.75 Å². The number of benzene rings is 2. The number of fused-ring (bicyclic) bond motifs is 1. The average Bonchev–Trinajstić information content (AvgIpc) is 2.66. The molecule has 1 aliphatic heterocycles. The second kappa shape index (κ2) is 7.87. The summed E-state index contributed by atoms with van der Waals surface area (Å²) in [5, 5.41) is 2.93. The van der Waals surface area contributed by atoms with E-state index in [9.17, 15) is 9.59 Å². The van der Waals surface area contributed by atoms with Crippen molar-refractivity contribution in [3.05, 3.63) is 71.4 Å². The molecular formula is C21H22N2O3. The SMILES string of the molecule is COc1ccc(CNC(=O)CC2c3ccccc3C=CN2C(C)=O)cc1. The van der Waals surface area contributed by atoms with Crippen LogP contribution in [0.25, 0.3) is 6.08 Å². The minimum absolute atomic E-state index is 0.0799. The van der Waals surface area contributed by atoms with Crippen molar-refractivity contribution in [3.63, 3.8) is 0 Å². The second-order valence-corrected chi connectivity index (χ2v) is 6.22. The van der Waals surface area contributed by atoms with E-state index in [1.54, 1.807) is 18.2 Å². The van der Waals surface area contributed by atoms with Gasteiger partial charge in [-0.1, -0.05) is 36.4 Å². The fraction of sp³-hybridized carbons (Fsp3) is 0.238. The minimum atomic E-state index is -0.287. The van der Waals surface area contributed by atoms with Gasteiger partial charge in [0, 0.05) is 19.7 Å². The van der Waals surface area contributed by atoms with Crippen LogP contribution in [0, 0.1) is 0 Å². The summed E-state index contributed by atoms with van der Waals surface area (Å²) >= 11 is 0. The summed E-state index contributed by atoms with van der Waals surface area (Å²) in [7, 11) is 1.62. The zero-order valence-corrected chi connectivity index (χ0v) is 14.9. The molecule has 0 radical (unpaired) electrons. The van der Waals surface area contributed by atoms with Gasteiger partial charge in [-0.2, -0.15) is 0 Å². The van der Waals surface area contributed by atoms with E-state index in [1.807, 2.05) is 54.6 Å². The topological polar surface area (TPSA) is 58.6 Å². The van der Waals surface area contributed by atoms with Gasteiger partial charge in [0.1, 0.15) is 5.75 Å². The standard InChI is InChI=1S/C21H22N2O3/c1-15(24)23-12-11-17-5-3-4-6-19(17)20(23)13-21(25)22-14-16-7-9-18(26-2)10-8-16/h3-12,20H,13-14H2,1-2H3,(H,22,25). The molecule has 1 heterocycles. The number of rotatable bonds is 5. The van der Waals surface area contributed by atoms with Gasteiger partial charge in [0.15, 0.2) is 0 Å². The number of nitrogens with zero attached hydrogens (tertiary/aromatic N) is 1. The van der Waals surface area contributed by atoms with E-state index in [4.69, 9.17) is 4.74 Å². The fourth-order valence-corrected chi connectivity index (χ4v) is 3.11. The predicted octanol–water partition coefficient (Wildman–Crippen LogP) is 3.28. The third kappa shape index (κ3) is 3.94. The molecule has 0 saturated heterocycles. The molecule has 134 valence electrons. The van der Waals surface area contributed by atoms with Gasteiger partial charge in [0.25, 0.3) is 0 Å². The molecule has 1 atom stereocenters. The van der Waals surface area contributed by atoms with E-state index in [2.05, 4.69) is 5.32 Å². The van der Waals surface area contributed by atoms with E-state index >= 15 is 0 Å². The molecule has 2 aromatic carbocycles. The van der Waals surface area contributed by atoms with E-state index < -0.39 is 0 Å². The Kier molecular flexibility index (Phi) is 5.37. The van der Waals surface area contributed by atoms with Crippen LogP contribution in [0.15, 0.2) is 54.7 Å². The second-order valence-electron chi connectivity index (χ2n) is 6.22. The zero-order chi connectivity index (χ0) is 18.5. The lowest BCUT2D eigenvalue weighted by Crippen LogP contribution is -2.35. The Bertz CT molecular complexity index is 827. The predicted molar refractivity (Wildman–Crippen MR) is 100 cm³/mol. The molecule has 1 aliphatic rings. The van der Waals surface area contributed by atoms with Crippen LogP contribution in [0.4, 0.5) is 0 Å². The van der Waals surface area contributed by atoms with Crippen LogP contribution in [0.1, 0.15) is 36.1 Å². The lowest BCUT2D eigenvalue weighted by atomic mass is 9.93. The van der Waals surface area contributed by atoms with Gasteiger partial charge in [-0.15, -0.1) is 0 Å². The summed E-state index contributed by atoms with van der Waals surface area (Å²) in [4.78, 5) is 26.1. The van der Waals surface area contributed by atoms with E-state index in [0.29, 0.717) is 6.54 Å². The van der Waals surface area contributed by atoms with E-state index in [-0.39, 0.29) is 24.3 Å². The molecule has 2 amide bonds. The molecule has 0 spiro atoms. The zero-order valence-electron chi connectivity index (χ0n) is 14.9. The third-order valence-corrected chi connectivity index (χ3v) is 4.50. The van der Waals surface area contributed by atoms with Gasteiger partial charge in [0.05, 0.1) is 19.6 Å².